The fourth-order valence-electron chi connectivity index (χ4n) is 2.25. The summed E-state index contributed by atoms with van der Waals surface area (Å²) in [6.07, 6.45) is 3.90. The molecule has 1 saturated heterocycles. The molecule has 0 bridgehead atoms. The van der Waals surface area contributed by atoms with Crippen LogP contribution in [0.2, 0.25) is 0 Å². The van der Waals surface area contributed by atoms with E-state index < -0.39 is 0 Å². The van der Waals surface area contributed by atoms with Gasteiger partial charge in [-0.25, -0.2) is 0 Å². The van der Waals surface area contributed by atoms with Crippen molar-refractivity contribution < 1.29 is 0 Å². The third-order valence-electron chi connectivity index (χ3n) is 3.06. The van der Waals surface area contributed by atoms with Gasteiger partial charge in [-0.2, -0.15) is 0 Å². The summed E-state index contributed by atoms with van der Waals surface area (Å²) in [4.78, 5) is 2.62. The van der Waals surface area contributed by atoms with Crippen LogP contribution in [0.1, 0.15) is 40.0 Å². The van der Waals surface area contributed by atoms with Crippen molar-refractivity contribution in [1.29, 1.82) is 0 Å². The summed E-state index contributed by atoms with van der Waals surface area (Å²) in [5, 5.41) is 0. The lowest BCUT2D eigenvalue weighted by atomic mass is 10.0. The molecule has 0 aromatic carbocycles. The number of hydrogen-bond acceptors (Lipinski definition) is 2. The molecule has 13 heavy (non-hydrogen) atoms. The highest BCUT2D eigenvalue weighted by Crippen LogP contribution is 2.23. The van der Waals surface area contributed by atoms with Gasteiger partial charge in [-0.1, -0.05) is 13.8 Å². The highest BCUT2D eigenvalue weighted by atomic mass is 15.2. The summed E-state index contributed by atoms with van der Waals surface area (Å²) in [6, 6.07) is 1.17. The molecule has 0 spiro atoms. The van der Waals surface area contributed by atoms with Crippen molar-refractivity contribution in [1.82, 2.24) is 4.90 Å². The van der Waals surface area contributed by atoms with Crippen LogP contribution < -0.4 is 5.73 Å². The monoisotopic (exact) mass is 184 g/mol. The maximum Gasteiger partial charge on any atom is 0.0119 e. The Bertz CT molecular complexity index is 143. The molecule has 0 aliphatic carbocycles. The zero-order chi connectivity index (χ0) is 9.84. The van der Waals surface area contributed by atoms with Gasteiger partial charge in [0.1, 0.15) is 0 Å². The molecular formula is C11H24N2. The lowest BCUT2D eigenvalue weighted by Crippen LogP contribution is -2.36. The van der Waals surface area contributed by atoms with Gasteiger partial charge in [-0.15, -0.1) is 0 Å². The summed E-state index contributed by atoms with van der Waals surface area (Å²) in [5.74, 6) is 0.801. The Morgan fingerprint density at radius 2 is 2.08 bits per heavy atom. The van der Waals surface area contributed by atoms with Crippen LogP contribution in [0.25, 0.3) is 0 Å². The van der Waals surface area contributed by atoms with Gasteiger partial charge in [0.2, 0.25) is 0 Å². The van der Waals surface area contributed by atoms with E-state index in [0.717, 1.165) is 18.4 Å². The lowest BCUT2D eigenvalue weighted by molar-refractivity contribution is 0.201. The molecule has 0 saturated carbocycles. The fourth-order valence-corrected chi connectivity index (χ4v) is 2.25. The van der Waals surface area contributed by atoms with Crippen LogP contribution in [0, 0.1) is 5.92 Å². The average Bonchev–Trinajstić information content (AvgIpc) is 2.47. The van der Waals surface area contributed by atoms with Crippen LogP contribution in [0.15, 0.2) is 0 Å². The zero-order valence-corrected chi connectivity index (χ0v) is 9.29. The van der Waals surface area contributed by atoms with E-state index in [1.807, 2.05) is 0 Å². The lowest BCUT2D eigenvalue weighted by Gasteiger charge is -2.27. The number of rotatable bonds is 4. The van der Waals surface area contributed by atoms with Gasteiger partial charge in [0.15, 0.2) is 0 Å². The molecule has 2 unspecified atom stereocenters. The zero-order valence-electron chi connectivity index (χ0n) is 9.29. The van der Waals surface area contributed by atoms with Gasteiger partial charge < -0.3 is 10.6 Å². The van der Waals surface area contributed by atoms with Crippen LogP contribution in [-0.4, -0.2) is 30.1 Å². The quantitative estimate of drug-likeness (QED) is 0.722. The number of likely N-dealkylation sites (tertiary alicyclic amines) is 1. The van der Waals surface area contributed by atoms with Crippen LogP contribution in [-0.2, 0) is 0 Å². The Labute approximate surface area is 82.5 Å². The second kappa shape index (κ2) is 4.97. The number of nitrogens with two attached hydrogens (primary N) is 1. The number of hydrogen-bond donors (Lipinski definition) is 1. The van der Waals surface area contributed by atoms with E-state index >= 15 is 0 Å². The summed E-state index contributed by atoms with van der Waals surface area (Å²) >= 11 is 0. The van der Waals surface area contributed by atoms with Crippen LogP contribution in [0.4, 0.5) is 0 Å². The van der Waals surface area contributed by atoms with E-state index in [-0.39, 0.29) is 0 Å². The summed E-state index contributed by atoms with van der Waals surface area (Å²) in [6.45, 7) is 9.24. The Morgan fingerprint density at radius 3 is 2.62 bits per heavy atom. The van der Waals surface area contributed by atoms with Crippen molar-refractivity contribution in [3.63, 3.8) is 0 Å². The number of nitrogens with zero attached hydrogens (tertiary/aromatic N) is 1. The fraction of sp³-hybridized carbons (Fsp3) is 1.00. The Morgan fingerprint density at radius 1 is 1.38 bits per heavy atom. The molecule has 78 valence electrons. The molecule has 1 rings (SSSR count). The Balaban J connectivity index is 2.31. The smallest absolute Gasteiger partial charge is 0.0119 e. The van der Waals surface area contributed by atoms with Crippen molar-refractivity contribution in [2.45, 2.75) is 52.1 Å². The SMILES string of the molecule is CC(N)CCN1CCCC1C(C)C. The first-order chi connectivity index (χ1) is 6.11. The van der Waals surface area contributed by atoms with Crippen molar-refractivity contribution in [3.05, 3.63) is 0 Å². The predicted molar refractivity (Wildman–Crippen MR) is 57.7 cm³/mol. The molecule has 1 aliphatic rings. The summed E-state index contributed by atoms with van der Waals surface area (Å²) in [7, 11) is 0. The van der Waals surface area contributed by atoms with Crippen LogP contribution >= 0.6 is 0 Å². The Hall–Kier alpha value is -0.0800. The first-order valence-electron chi connectivity index (χ1n) is 5.61. The van der Waals surface area contributed by atoms with Crippen molar-refractivity contribution in [2.24, 2.45) is 11.7 Å². The molecule has 0 amide bonds. The normalized spacial score (nSPS) is 27.0. The minimum absolute atomic E-state index is 0.355. The Kier molecular flexibility index (Phi) is 4.20. The summed E-state index contributed by atoms with van der Waals surface area (Å²) < 4.78 is 0. The van der Waals surface area contributed by atoms with Crippen LogP contribution in [0.3, 0.4) is 0 Å². The molecule has 1 heterocycles. The molecule has 1 aliphatic heterocycles. The van der Waals surface area contributed by atoms with E-state index in [4.69, 9.17) is 5.73 Å². The van der Waals surface area contributed by atoms with Gasteiger partial charge in [0, 0.05) is 12.1 Å². The van der Waals surface area contributed by atoms with Crippen molar-refractivity contribution in [2.75, 3.05) is 13.1 Å². The van der Waals surface area contributed by atoms with Crippen molar-refractivity contribution >= 4 is 0 Å². The molecular weight excluding hydrogens is 160 g/mol. The van der Waals surface area contributed by atoms with Gasteiger partial charge in [-0.3, -0.25) is 0 Å². The van der Waals surface area contributed by atoms with E-state index in [0.29, 0.717) is 6.04 Å². The highest BCUT2D eigenvalue weighted by Gasteiger charge is 2.26. The third kappa shape index (κ3) is 3.28. The maximum absolute atomic E-state index is 5.77. The second-order valence-electron chi connectivity index (χ2n) is 4.76. The minimum atomic E-state index is 0.355. The van der Waals surface area contributed by atoms with E-state index in [2.05, 4.69) is 25.7 Å². The van der Waals surface area contributed by atoms with Gasteiger partial charge in [0.25, 0.3) is 0 Å². The first kappa shape index (κ1) is 11.0. The van der Waals surface area contributed by atoms with Crippen molar-refractivity contribution in [3.8, 4) is 0 Å². The van der Waals surface area contributed by atoms with E-state index in [9.17, 15) is 0 Å². The molecule has 1 fully saturated rings. The molecule has 2 atom stereocenters. The van der Waals surface area contributed by atoms with Gasteiger partial charge >= 0.3 is 0 Å². The molecule has 2 nitrogen and oxygen atoms in total. The van der Waals surface area contributed by atoms with Gasteiger partial charge in [-0.05, 0) is 45.2 Å². The van der Waals surface area contributed by atoms with E-state index in [1.165, 1.54) is 25.9 Å². The predicted octanol–water partition coefficient (Wildman–Crippen LogP) is 1.84. The average molecular weight is 184 g/mol. The second-order valence-corrected chi connectivity index (χ2v) is 4.76. The largest absolute Gasteiger partial charge is 0.328 e. The highest BCUT2D eigenvalue weighted by molar-refractivity contribution is 4.81. The first-order valence-corrected chi connectivity index (χ1v) is 5.61. The molecule has 0 radical (unpaired) electrons. The standard InChI is InChI=1S/C11H24N2/c1-9(2)11-5-4-7-13(11)8-6-10(3)12/h9-11H,4-8,12H2,1-3H3. The van der Waals surface area contributed by atoms with Crippen LogP contribution in [0.5, 0.6) is 0 Å². The summed E-state index contributed by atoms with van der Waals surface area (Å²) in [5.41, 5.74) is 5.77. The minimum Gasteiger partial charge on any atom is -0.328 e. The van der Waals surface area contributed by atoms with Gasteiger partial charge in [0.05, 0.1) is 0 Å². The molecule has 2 heteroatoms. The topological polar surface area (TPSA) is 29.3 Å². The third-order valence-corrected chi connectivity index (χ3v) is 3.06. The van der Waals surface area contributed by atoms with E-state index in [1.54, 1.807) is 0 Å². The molecule has 2 N–H and O–H groups in total. The maximum atomic E-state index is 5.77. The molecule has 0 aromatic rings. The molecule has 0 aromatic heterocycles.